The van der Waals surface area contributed by atoms with Crippen LogP contribution in [0.5, 0.6) is 0 Å². The van der Waals surface area contributed by atoms with Crippen LogP contribution in [0.4, 0.5) is 0 Å². The Labute approximate surface area is 155 Å². The highest BCUT2D eigenvalue weighted by Gasteiger charge is 2.52. The number of benzene rings is 1. The first kappa shape index (κ1) is 18.8. The van der Waals surface area contributed by atoms with Crippen molar-refractivity contribution in [3.05, 3.63) is 47.4 Å². The first-order valence-corrected chi connectivity index (χ1v) is 8.81. The van der Waals surface area contributed by atoms with E-state index in [4.69, 9.17) is 14.6 Å². The van der Waals surface area contributed by atoms with Crippen molar-refractivity contribution in [3.63, 3.8) is 0 Å². The van der Waals surface area contributed by atoms with E-state index in [1.165, 1.54) is 0 Å². The number of carboxylic acids is 1. The highest BCUT2D eigenvalue weighted by atomic mass is 16.8. The maximum absolute atomic E-state index is 12.4. The maximum Gasteiger partial charge on any atom is 0.354 e. The van der Waals surface area contributed by atoms with Gasteiger partial charge in [-0.1, -0.05) is 36.8 Å². The molecule has 1 heterocycles. The average Bonchev–Trinajstić information content (AvgIpc) is 2.62. The number of aliphatic hydroxyl groups is 1. The lowest BCUT2D eigenvalue weighted by Gasteiger charge is -2.44. The van der Waals surface area contributed by atoms with Gasteiger partial charge in [-0.05, 0) is 24.8 Å². The minimum absolute atomic E-state index is 0.177. The molecule has 1 aliphatic carbocycles. The predicted octanol–water partition coefficient (Wildman–Crippen LogP) is 1.66. The van der Waals surface area contributed by atoms with E-state index in [1.54, 1.807) is 0 Å². The molecule has 1 fully saturated rings. The lowest BCUT2D eigenvalue weighted by molar-refractivity contribution is -0.272. The van der Waals surface area contributed by atoms with E-state index in [0.29, 0.717) is 12.8 Å². The molecule has 0 saturated heterocycles. The number of nitrogens with one attached hydrogen (secondary N) is 1. The molecule has 1 spiro atoms. The van der Waals surface area contributed by atoms with Crippen LogP contribution in [0.3, 0.4) is 0 Å². The smallest absolute Gasteiger partial charge is 0.354 e. The molecular weight excluding hydrogens is 354 g/mol. The lowest BCUT2D eigenvalue weighted by Crippen LogP contribution is -2.52. The molecule has 2 aliphatic rings. The largest absolute Gasteiger partial charge is 0.480 e. The van der Waals surface area contributed by atoms with Crippen molar-refractivity contribution >= 4 is 17.8 Å². The van der Waals surface area contributed by atoms with E-state index in [-0.39, 0.29) is 5.92 Å². The van der Waals surface area contributed by atoms with Crippen molar-refractivity contribution in [2.45, 2.75) is 37.9 Å². The van der Waals surface area contributed by atoms with Gasteiger partial charge in [0.05, 0.1) is 0 Å². The zero-order chi connectivity index (χ0) is 19.4. The molecule has 8 nitrogen and oxygen atoms in total. The topological polar surface area (TPSA) is 122 Å². The van der Waals surface area contributed by atoms with Crippen LogP contribution in [-0.4, -0.2) is 40.4 Å². The molecule has 1 amide bonds. The molecule has 2 atom stereocenters. The summed E-state index contributed by atoms with van der Waals surface area (Å²) in [7, 11) is 0. The molecule has 1 aromatic rings. The summed E-state index contributed by atoms with van der Waals surface area (Å²) in [5.41, 5.74) is 0.336. The summed E-state index contributed by atoms with van der Waals surface area (Å²) in [4.78, 5) is 35.0. The third-order valence-electron chi connectivity index (χ3n) is 4.85. The normalized spacial score (nSPS) is 24.9. The minimum atomic E-state index is -1.33. The summed E-state index contributed by atoms with van der Waals surface area (Å²) >= 11 is 0. The fourth-order valence-corrected chi connectivity index (χ4v) is 3.58. The monoisotopic (exact) mass is 375 g/mol. The fraction of sp³-hybridized carbons (Fsp3) is 0.421. The number of hydrogen-bond donors (Lipinski definition) is 3. The molecule has 27 heavy (non-hydrogen) atoms. The second-order valence-electron chi connectivity index (χ2n) is 6.69. The van der Waals surface area contributed by atoms with Gasteiger partial charge in [0.15, 0.2) is 0 Å². The number of ether oxygens (including phenoxy) is 2. The van der Waals surface area contributed by atoms with Gasteiger partial charge in [0.2, 0.25) is 5.57 Å². The molecule has 144 valence electrons. The summed E-state index contributed by atoms with van der Waals surface area (Å²) in [6.45, 7) is -0.690. The second kappa shape index (κ2) is 7.69. The van der Waals surface area contributed by atoms with Crippen LogP contribution in [0.25, 0.3) is 0 Å². The molecule has 0 bridgehead atoms. The first-order chi connectivity index (χ1) is 12.9. The number of esters is 1. The van der Waals surface area contributed by atoms with Gasteiger partial charge < -0.3 is 25.0 Å². The number of amides is 1. The lowest BCUT2D eigenvalue weighted by atomic mass is 9.79. The zero-order valence-electron chi connectivity index (χ0n) is 14.6. The summed E-state index contributed by atoms with van der Waals surface area (Å²) in [5, 5.41) is 20.9. The van der Waals surface area contributed by atoms with Gasteiger partial charge in [0.1, 0.15) is 6.54 Å². The highest BCUT2D eigenvalue weighted by molar-refractivity contribution is 6.17. The van der Waals surface area contributed by atoms with E-state index in [2.05, 4.69) is 0 Å². The van der Waals surface area contributed by atoms with Crippen molar-refractivity contribution in [1.29, 1.82) is 0 Å². The second-order valence-corrected chi connectivity index (χ2v) is 6.69. The Morgan fingerprint density at radius 3 is 2.59 bits per heavy atom. The molecule has 0 aromatic heterocycles. The van der Waals surface area contributed by atoms with Crippen molar-refractivity contribution in [2.24, 2.45) is 5.92 Å². The molecule has 1 aliphatic heterocycles. The summed E-state index contributed by atoms with van der Waals surface area (Å²) in [6, 6.07) is 9.68. The van der Waals surface area contributed by atoms with Gasteiger partial charge in [-0.25, -0.2) is 4.79 Å². The molecule has 1 aromatic carbocycles. The highest BCUT2D eigenvalue weighted by Crippen LogP contribution is 2.43. The van der Waals surface area contributed by atoms with Gasteiger partial charge in [-0.3, -0.25) is 9.59 Å². The molecule has 3 N–H and O–H groups in total. The number of carboxylic acid groups (broad SMARTS) is 1. The molecule has 2 unspecified atom stereocenters. The number of carbonyl (C=O) groups is 3. The van der Waals surface area contributed by atoms with Crippen molar-refractivity contribution < 1.29 is 34.1 Å². The average molecular weight is 375 g/mol. The van der Waals surface area contributed by atoms with Gasteiger partial charge in [0.25, 0.3) is 11.7 Å². The van der Waals surface area contributed by atoms with E-state index < -0.39 is 41.7 Å². The van der Waals surface area contributed by atoms with Gasteiger partial charge in [-0.15, -0.1) is 0 Å². The maximum atomic E-state index is 12.4. The first-order valence-electron chi connectivity index (χ1n) is 8.81. The van der Waals surface area contributed by atoms with Crippen molar-refractivity contribution in [3.8, 4) is 0 Å². The van der Waals surface area contributed by atoms with Crippen LogP contribution in [0, 0.1) is 5.92 Å². The van der Waals surface area contributed by atoms with Crippen molar-refractivity contribution in [2.75, 3.05) is 6.54 Å². The molecule has 1 saturated carbocycles. The zero-order valence-corrected chi connectivity index (χ0v) is 14.6. The standard InChI is InChI=1S/C19H21NO7/c21-14(22)11-20-16(23)15-17(24)26-19(27-18(15)25)9-5-4-8-13(19)10-12-6-2-1-3-7-12/h1-3,6-7,13,24H,4-5,8-11H2,(H,20,23)(H,21,22). The van der Waals surface area contributed by atoms with E-state index >= 15 is 0 Å². The molecule has 3 rings (SSSR count). The van der Waals surface area contributed by atoms with Crippen LogP contribution < -0.4 is 5.32 Å². The van der Waals surface area contributed by atoms with Crippen molar-refractivity contribution in [1.82, 2.24) is 5.32 Å². The summed E-state index contributed by atoms with van der Waals surface area (Å²) in [6.07, 6.45) is 3.45. The predicted molar refractivity (Wildman–Crippen MR) is 92.3 cm³/mol. The molecule has 8 heteroatoms. The minimum Gasteiger partial charge on any atom is -0.480 e. The number of rotatable bonds is 5. The van der Waals surface area contributed by atoms with E-state index in [0.717, 1.165) is 24.8 Å². The Kier molecular flexibility index (Phi) is 5.34. The van der Waals surface area contributed by atoms with Crippen LogP contribution in [-0.2, 0) is 30.3 Å². The number of carbonyl (C=O) groups excluding carboxylic acids is 2. The summed E-state index contributed by atoms with van der Waals surface area (Å²) in [5.74, 6) is -5.67. The van der Waals surface area contributed by atoms with Gasteiger partial charge in [-0.2, -0.15) is 0 Å². The quantitative estimate of drug-likeness (QED) is 0.528. The third kappa shape index (κ3) is 4.05. The van der Waals surface area contributed by atoms with Crippen LogP contribution in [0.1, 0.15) is 31.2 Å². The Morgan fingerprint density at radius 2 is 1.93 bits per heavy atom. The third-order valence-corrected chi connectivity index (χ3v) is 4.85. The Bertz CT molecular complexity index is 774. The van der Waals surface area contributed by atoms with Crippen LogP contribution >= 0.6 is 0 Å². The molecular formula is C19H21NO7. The van der Waals surface area contributed by atoms with E-state index in [9.17, 15) is 19.5 Å². The van der Waals surface area contributed by atoms with Crippen LogP contribution in [0.15, 0.2) is 41.9 Å². The number of hydrogen-bond acceptors (Lipinski definition) is 6. The van der Waals surface area contributed by atoms with Gasteiger partial charge >= 0.3 is 17.9 Å². The number of aliphatic carboxylic acids is 1. The van der Waals surface area contributed by atoms with Gasteiger partial charge in [0, 0.05) is 12.3 Å². The Balaban J connectivity index is 1.82. The number of aliphatic hydroxyl groups excluding tert-OH is 1. The Morgan fingerprint density at radius 1 is 1.19 bits per heavy atom. The van der Waals surface area contributed by atoms with E-state index in [1.807, 2.05) is 35.6 Å². The van der Waals surface area contributed by atoms with Crippen LogP contribution in [0.2, 0.25) is 0 Å². The SMILES string of the molecule is O=C(O)CNC(=O)C1=C(O)OC2(CCCCC2Cc2ccccc2)OC1=O. The summed E-state index contributed by atoms with van der Waals surface area (Å²) < 4.78 is 11.1. The fourth-order valence-electron chi connectivity index (χ4n) is 3.58. The Hall–Kier alpha value is -3.03. The molecule has 0 radical (unpaired) electrons.